The molecule has 0 aliphatic carbocycles. The minimum Gasteiger partial charge on any atom is -0.305 e. The Kier molecular flexibility index (Phi) is 4.73. The highest BCUT2D eigenvalue weighted by atomic mass is 19.1. The van der Waals surface area contributed by atoms with Crippen LogP contribution >= 0.6 is 0 Å². The zero-order chi connectivity index (χ0) is 20.4. The van der Waals surface area contributed by atoms with Crippen LogP contribution in [0.5, 0.6) is 0 Å². The highest BCUT2D eigenvalue weighted by molar-refractivity contribution is 6.04. The first-order valence-corrected chi connectivity index (χ1v) is 8.45. The number of carbonyl (C=O) groups is 1. The molecule has 2 N–H and O–H groups in total. The Morgan fingerprint density at radius 2 is 1.86 bits per heavy atom. The molecule has 144 valence electrons. The number of nitrogens with zero attached hydrogens (tertiary/aromatic N) is 5. The molecule has 0 saturated heterocycles. The molecule has 8 nitrogen and oxygen atoms in total. The molecule has 4 rings (SSSR count). The van der Waals surface area contributed by atoms with Gasteiger partial charge in [0.15, 0.2) is 11.6 Å². The molecule has 0 aliphatic heterocycles. The lowest BCUT2D eigenvalue weighted by Crippen LogP contribution is -2.16. The van der Waals surface area contributed by atoms with Crippen molar-refractivity contribution in [2.45, 2.75) is 6.92 Å². The van der Waals surface area contributed by atoms with Crippen molar-refractivity contribution < 1.29 is 13.6 Å². The third-order valence-corrected chi connectivity index (χ3v) is 4.22. The van der Waals surface area contributed by atoms with E-state index in [0.717, 1.165) is 28.8 Å². The second kappa shape index (κ2) is 7.50. The number of nitrogens with one attached hydrogen (secondary N) is 2. The van der Waals surface area contributed by atoms with E-state index in [0.29, 0.717) is 11.5 Å². The van der Waals surface area contributed by atoms with Crippen molar-refractivity contribution in [1.29, 1.82) is 0 Å². The van der Waals surface area contributed by atoms with Gasteiger partial charge in [0.1, 0.15) is 17.2 Å². The Bertz CT molecular complexity index is 1160. The van der Waals surface area contributed by atoms with Crippen molar-refractivity contribution in [3.8, 4) is 22.6 Å². The third-order valence-electron chi connectivity index (χ3n) is 4.22. The van der Waals surface area contributed by atoms with Crippen LogP contribution in [0.15, 0.2) is 48.8 Å². The smallest absolute Gasteiger partial charge is 0.262 e. The first-order chi connectivity index (χ1) is 14.0. The predicted molar refractivity (Wildman–Crippen MR) is 99.7 cm³/mol. The van der Waals surface area contributed by atoms with E-state index in [1.165, 1.54) is 18.5 Å². The molecule has 0 unspecified atom stereocenters. The maximum atomic E-state index is 13.7. The van der Waals surface area contributed by atoms with E-state index < -0.39 is 23.1 Å². The van der Waals surface area contributed by atoms with Crippen molar-refractivity contribution >= 4 is 11.7 Å². The van der Waals surface area contributed by atoms with Crippen LogP contribution in [0.2, 0.25) is 0 Å². The first kappa shape index (κ1) is 18.3. The van der Waals surface area contributed by atoms with E-state index in [-0.39, 0.29) is 5.82 Å². The number of aromatic nitrogens is 6. The number of rotatable bonds is 4. The number of hydrogen-bond donors (Lipinski definition) is 2. The van der Waals surface area contributed by atoms with E-state index in [9.17, 15) is 13.6 Å². The summed E-state index contributed by atoms with van der Waals surface area (Å²) in [5.74, 6) is -2.29. The Hall–Kier alpha value is -4.08. The highest BCUT2D eigenvalue weighted by Gasteiger charge is 2.18. The zero-order valence-corrected chi connectivity index (χ0v) is 15.0. The van der Waals surface area contributed by atoms with Crippen LogP contribution in [-0.2, 0) is 0 Å². The lowest BCUT2D eigenvalue weighted by atomic mass is 10.0. The van der Waals surface area contributed by atoms with Crippen LogP contribution < -0.4 is 5.32 Å². The molecule has 4 aromatic rings. The van der Waals surface area contributed by atoms with Crippen LogP contribution in [-0.4, -0.2) is 36.5 Å². The summed E-state index contributed by atoms with van der Waals surface area (Å²) < 4.78 is 27.5. The molecule has 29 heavy (non-hydrogen) atoms. The van der Waals surface area contributed by atoms with Gasteiger partial charge in [0.05, 0.1) is 18.1 Å². The fourth-order valence-electron chi connectivity index (χ4n) is 2.75. The summed E-state index contributed by atoms with van der Waals surface area (Å²) in [6, 6.07) is 8.81. The second-order valence-corrected chi connectivity index (χ2v) is 6.12. The number of aryl methyl sites for hydroxylation is 1. The van der Waals surface area contributed by atoms with E-state index in [4.69, 9.17) is 0 Å². The van der Waals surface area contributed by atoms with Gasteiger partial charge in [-0.25, -0.2) is 18.9 Å². The zero-order valence-electron chi connectivity index (χ0n) is 15.0. The van der Waals surface area contributed by atoms with Gasteiger partial charge in [0, 0.05) is 11.1 Å². The fraction of sp³-hybridized carbons (Fsp3) is 0.0526. The van der Waals surface area contributed by atoms with Gasteiger partial charge in [0.2, 0.25) is 0 Å². The van der Waals surface area contributed by atoms with E-state index in [1.807, 2.05) is 25.1 Å². The van der Waals surface area contributed by atoms with Gasteiger partial charge in [-0.15, -0.1) is 5.10 Å². The van der Waals surface area contributed by atoms with Crippen molar-refractivity contribution in [3.63, 3.8) is 0 Å². The molecule has 0 aliphatic rings. The summed E-state index contributed by atoms with van der Waals surface area (Å²) in [5.41, 5.74) is 2.38. The minimum atomic E-state index is -0.957. The second-order valence-electron chi connectivity index (χ2n) is 6.12. The molecule has 2 heterocycles. The van der Waals surface area contributed by atoms with E-state index in [1.54, 1.807) is 0 Å². The van der Waals surface area contributed by atoms with Crippen LogP contribution in [0.1, 0.15) is 15.9 Å². The maximum absolute atomic E-state index is 13.7. The molecule has 0 spiro atoms. The normalized spacial score (nSPS) is 10.7. The van der Waals surface area contributed by atoms with Gasteiger partial charge in [-0.1, -0.05) is 18.2 Å². The van der Waals surface area contributed by atoms with Crippen molar-refractivity contribution in [2.24, 2.45) is 0 Å². The first-order valence-electron chi connectivity index (χ1n) is 8.45. The predicted octanol–water partition coefficient (Wildman–Crippen LogP) is 3.16. The number of carbonyl (C=O) groups excluding carboxylic acids is 1. The fourth-order valence-corrected chi connectivity index (χ4v) is 2.75. The number of H-pyrrole nitrogens is 1. The Balaban J connectivity index is 1.59. The topological polar surface area (TPSA) is 109 Å². The standard InChI is InChI=1S/C19H13F2N7O/c1-10-5-6-11(18-25-27-28-26-18)7-12(10)15-8-23-16(9-22-15)24-19(29)17-13(20)3-2-4-14(17)21/h2-9H,1H3,(H,23,24,29)(H,25,26,27,28). The quantitative estimate of drug-likeness (QED) is 0.551. The van der Waals surface area contributed by atoms with Crippen LogP contribution in [0.25, 0.3) is 22.6 Å². The molecule has 0 fully saturated rings. The van der Waals surface area contributed by atoms with Crippen LogP contribution in [0.3, 0.4) is 0 Å². The molecule has 2 aromatic heterocycles. The number of anilines is 1. The monoisotopic (exact) mass is 393 g/mol. The summed E-state index contributed by atoms with van der Waals surface area (Å²) >= 11 is 0. The van der Waals surface area contributed by atoms with Crippen molar-refractivity contribution in [2.75, 3.05) is 5.32 Å². The minimum absolute atomic E-state index is 0.0645. The third kappa shape index (κ3) is 3.68. The van der Waals surface area contributed by atoms with E-state index >= 15 is 0 Å². The van der Waals surface area contributed by atoms with Gasteiger partial charge < -0.3 is 5.32 Å². The average Bonchev–Trinajstić information content (AvgIpc) is 3.24. The number of benzene rings is 2. The number of aromatic amines is 1. The lowest BCUT2D eigenvalue weighted by Gasteiger charge is -2.09. The van der Waals surface area contributed by atoms with Gasteiger partial charge in [0.25, 0.3) is 5.91 Å². The lowest BCUT2D eigenvalue weighted by molar-refractivity contribution is 0.101. The molecular formula is C19H13F2N7O. The number of amides is 1. The molecule has 0 saturated carbocycles. The molecule has 0 bridgehead atoms. The number of tetrazole rings is 1. The number of hydrogen-bond acceptors (Lipinski definition) is 6. The van der Waals surface area contributed by atoms with Crippen LogP contribution in [0.4, 0.5) is 14.6 Å². The van der Waals surface area contributed by atoms with Gasteiger partial charge in [-0.2, -0.15) is 0 Å². The van der Waals surface area contributed by atoms with Crippen LogP contribution in [0, 0.1) is 18.6 Å². The summed E-state index contributed by atoms with van der Waals surface area (Å²) in [6.45, 7) is 1.91. The molecule has 1 amide bonds. The molecular weight excluding hydrogens is 380 g/mol. The Morgan fingerprint density at radius 1 is 1.07 bits per heavy atom. The van der Waals surface area contributed by atoms with Crippen molar-refractivity contribution in [1.82, 2.24) is 30.6 Å². The Morgan fingerprint density at radius 3 is 2.52 bits per heavy atom. The molecule has 0 atom stereocenters. The highest BCUT2D eigenvalue weighted by Crippen LogP contribution is 2.26. The number of halogens is 2. The van der Waals surface area contributed by atoms with Gasteiger partial charge in [-0.3, -0.25) is 9.78 Å². The summed E-state index contributed by atoms with van der Waals surface area (Å²) in [5, 5.41) is 16.0. The van der Waals surface area contributed by atoms with Crippen molar-refractivity contribution in [3.05, 3.63) is 71.6 Å². The van der Waals surface area contributed by atoms with E-state index in [2.05, 4.69) is 35.9 Å². The SMILES string of the molecule is Cc1ccc(-c2nnn[nH]2)cc1-c1cnc(NC(=O)c2c(F)cccc2F)cn1. The molecule has 10 heteroatoms. The maximum Gasteiger partial charge on any atom is 0.262 e. The average molecular weight is 393 g/mol. The Labute approximate surface area is 163 Å². The molecule has 2 aromatic carbocycles. The summed E-state index contributed by atoms with van der Waals surface area (Å²) in [6.07, 6.45) is 2.77. The summed E-state index contributed by atoms with van der Waals surface area (Å²) in [7, 11) is 0. The molecule has 0 radical (unpaired) electrons. The van der Waals surface area contributed by atoms with Gasteiger partial charge in [-0.05, 0) is 41.1 Å². The largest absolute Gasteiger partial charge is 0.305 e. The summed E-state index contributed by atoms with van der Waals surface area (Å²) in [4.78, 5) is 20.6. The van der Waals surface area contributed by atoms with Gasteiger partial charge >= 0.3 is 0 Å².